The first-order valence-electron chi connectivity index (χ1n) is 6.49. The highest BCUT2D eigenvalue weighted by molar-refractivity contribution is 5.59. The van der Waals surface area contributed by atoms with E-state index in [1.807, 2.05) is 13.1 Å². The lowest BCUT2D eigenvalue weighted by Gasteiger charge is -2.44. The van der Waals surface area contributed by atoms with Crippen molar-refractivity contribution >= 4 is 5.69 Å². The molecule has 0 saturated heterocycles. The van der Waals surface area contributed by atoms with Gasteiger partial charge in [0.1, 0.15) is 5.82 Å². The van der Waals surface area contributed by atoms with Gasteiger partial charge in [-0.2, -0.15) is 0 Å². The average molecular weight is 234 g/mol. The summed E-state index contributed by atoms with van der Waals surface area (Å²) in [5, 5.41) is 3.26. The van der Waals surface area contributed by atoms with Gasteiger partial charge < -0.3 is 10.2 Å². The molecule has 0 radical (unpaired) electrons. The van der Waals surface area contributed by atoms with E-state index in [1.54, 1.807) is 12.1 Å². The van der Waals surface area contributed by atoms with Crippen LogP contribution >= 0.6 is 0 Å². The second kappa shape index (κ2) is 4.30. The number of halogens is 1. The Morgan fingerprint density at radius 1 is 1.41 bits per heavy atom. The zero-order valence-electron chi connectivity index (χ0n) is 10.2. The number of nitrogens with zero attached hydrogens (tertiary/aromatic N) is 1. The van der Waals surface area contributed by atoms with Crippen molar-refractivity contribution in [3.8, 4) is 0 Å². The summed E-state index contributed by atoms with van der Waals surface area (Å²) in [6, 6.07) is 5.84. The highest BCUT2D eigenvalue weighted by Crippen LogP contribution is 2.39. The maximum absolute atomic E-state index is 13.3. The maximum Gasteiger partial charge on any atom is 0.125 e. The molecule has 2 unspecified atom stereocenters. The fourth-order valence-corrected chi connectivity index (χ4v) is 3.18. The lowest BCUT2D eigenvalue weighted by Crippen LogP contribution is -2.49. The predicted octanol–water partition coefficient (Wildman–Crippen LogP) is 2.19. The van der Waals surface area contributed by atoms with Gasteiger partial charge in [-0.05, 0) is 56.5 Å². The number of rotatable bonds is 3. The Labute approximate surface area is 102 Å². The molecule has 2 nitrogen and oxygen atoms in total. The quantitative estimate of drug-likeness (QED) is 0.862. The molecule has 2 atom stereocenters. The standard InChI is InChI=1S/C14H19FN2/c1-16-9-11-3-5-13(11)17-7-6-10-2-4-12(15)8-14(10)17/h2,4,8,11,13,16H,3,5-7,9H2,1H3. The summed E-state index contributed by atoms with van der Waals surface area (Å²) in [6.07, 6.45) is 3.62. The Balaban J connectivity index is 1.81. The van der Waals surface area contributed by atoms with Crippen LogP contribution in [0.25, 0.3) is 0 Å². The van der Waals surface area contributed by atoms with Crippen LogP contribution in [0.3, 0.4) is 0 Å². The lowest BCUT2D eigenvalue weighted by atomic mass is 9.78. The summed E-state index contributed by atoms with van der Waals surface area (Å²) in [4.78, 5) is 2.42. The van der Waals surface area contributed by atoms with E-state index >= 15 is 0 Å². The third-order valence-electron chi connectivity index (χ3n) is 4.22. The predicted molar refractivity (Wildman–Crippen MR) is 67.9 cm³/mol. The molecule has 1 aromatic carbocycles. The Hall–Kier alpha value is -1.09. The Morgan fingerprint density at radius 2 is 2.29 bits per heavy atom. The molecule has 1 heterocycles. The Kier molecular flexibility index (Phi) is 2.79. The summed E-state index contributed by atoms with van der Waals surface area (Å²) >= 11 is 0. The van der Waals surface area contributed by atoms with E-state index in [0.29, 0.717) is 6.04 Å². The number of anilines is 1. The zero-order valence-corrected chi connectivity index (χ0v) is 10.2. The molecule has 3 heteroatoms. The Bertz CT molecular complexity index is 419. The lowest BCUT2D eigenvalue weighted by molar-refractivity contribution is 0.240. The van der Waals surface area contributed by atoms with Gasteiger partial charge in [0.15, 0.2) is 0 Å². The molecule has 0 aromatic heterocycles. The van der Waals surface area contributed by atoms with E-state index in [0.717, 1.165) is 31.1 Å². The van der Waals surface area contributed by atoms with Gasteiger partial charge in [0.25, 0.3) is 0 Å². The number of hydrogen-bond acceptors (Lipinski definition) is 2. The van der Waals surface area contributed by atoms with Crippen molar-refractivity contribution < 1.29 is 4.39 Å². The van der Waals surface area contributed by atoms with Crippen LogP contribution in [0, 0.1) is 11.7 Å². The zero-order chi connectivity index (χ0) is 11.8. The highest BCUT2D eigenvalue weighted by atomic mass is 19.1. The minimum absolute atomic E-state index is 0.111. The van der Waals surface area contributed by atoms with E-state index in [4.69, 9.17) is 0 Å². The smallest absolute Gasteiger partial charge is 0.125 e. The van der Waals surface area contributed by atoms with Gasteiger partial charge in [-0.25, -0.2) is 4.39 Å². The summed E-state index contributed by atoms with van der Waals surface area (Å²) in [6.45, 7) is 2.13. The van der Waals surface area contributed by atoms with Crippen LogP contribution in [0.5, 0.6) is 0 Å². The molecule has 0 bridgehead atoms. The largest absolute Gasteiger partial charge is 0.368 e. The van der Waals surface area contributed by atoms with Gasteiger partial charge in [-0.3, -0.25) is 0 Å². The van der Waals surface area contributed by atoms with Crippen molar-refractivity contribution in [2.24, 2.45) is 5.92 Å². The number of hydrogen-bond donors (Lipinski definition) is 1. The number of fused-ring (bicyclic) bond motifs is 1. The molecule has 1 saturated carbocycles. The fourth-order valence-electron chi connectivity index (χ4n) is 3.18. The molecule has 0 amide bonds. The van der Waals surface area contributed by atoms with E-state index in [9.17, 15) is 4.39 Å². The SMILES string of the molecule is CNCC1CCC1N1CCc2ccc(F)cc21. The van der Waals surface area contributed by atoms with E-state index < -0.39 is 0 Å². The van der Waals surface area contributed by atoms with Gasteiger partial charge in [0.05, 0.1) is 0 Å². The summed E-state index contributed by atoms with van der Waals surface area (Å²) in [5.41, 5.74) is 2.44. The van der Waals surface area contributed by atoms with Crippen LogP contribution in [0.1, 0.15) is 18.4 Å². The van der Waals surface area contributed by atoms with Crippen LogP contribution in [0.15, 0.2) is 18.2 Å². The minimum Gasteiger partial charge on any atom is -0.368 e. The van der Waals surface area contributed by atoms with Crippen LogP contribution in [-0.2, 0) is 6.42 Å². The molecule has 1 aliphatic heterocycles. The molecule has 3 rings (SSSR count). The monoisotopic (exact) mass is 234 g/mol. The molecular weight excluding hydrogens is 215 g/mol. The van der Waals surface area contributed by atoms with E-state index in [1.165, 1.54) is 18.4 Å². The van der Waals surface area contributed by atoms with Crippen molar-refractivity contribution in [3.05, 3.63) is 29.6 Å². The molecule has 0 spiro atoms. The summed E-state index contributed by atoms with van der Waals surface area (Å²) in [7, 11) is 2.01. The van der Waals surface area contributed by atoms with Gasteiger partial charge in [-0.1, -0.05) is 6.07 Å². The molecule has 1 aromatic rings. The van der Waals surface area contributed by atoms with Crippen molar-refractivity contribution in [2.75, 3.05) is 25.0 Å². The van der Waals surface area contributed by atoms with Gasteiger partial charge in [-0.15, -0.1) is 0 Å². The third-order valence-corrected chi connectivity index (χ3v) is 4.22. The first-order valence-corrected chi connectivity index (χ1v) is 6.49. The normalized spacial score (nSPS) is 26.8. The third kappa shape index (κ3) is 1.82. The van der Waals surface area contributed by atoms with Gasteiger partial charge >= 0.3 is 0 Å². The van der Waals surface area contributed by atoms with Crippen LogP contribution < -0.4 is 10.2 Å². The van der Waals surface area contributed by atoms with E-state index in [-0.39, 0.29) is 5.82 Å². The topological polar surface area (TPSA) is 15.3 Å². The van der Waals surface area contributed by atoms with Crippen molar-refractivity contribution in [1.82, 2.24) is 5.32 Å². The number of nitrogens with one attached hydrogen (secondary N) is 1. The fraction of sp³-hybridized carbons (Fsp3) is 0.571. The number of benzene rings is 1. The molecular formula is C14H19FN2. The second-order valence-electron chi connectivity index (χ2n) is 5.18. The van der Waals surface area contributed by atoms with Crippen molar-refractivity contribution in [1.29, 1.82) is 0 Å². The molecule has 1 fully saturated rings. The molecule has 1 N–H and O–H groups in total. The van der Waals surface area contributed by atoms with Gasteiger partial charge in [0.2, 0.25) is 0 Å². The van der Waals surface area contributed by atoms with Crippen LogP contribution in [0.4, 0.5) is 10.1 Å². The average Bonchev–Trinajstić information content (AvgIpc) is 2.68. The molecule has 2 aliphatic rings. The first-order chi connectivity index (χ1) is 8.29. The minimum atomic E-state index is -0.111. The summed E-state index contributed by atoms with van der Waals surface area (Å²) < 4.78 is 13.3. The van der Waals surface area contributed by atoms with Crippen LogP contribution in [0.2, 0.25) is 0 Å². The first kappa shape index (κ1) is 11.0. The molecule has 17 heavy (non-hydrogen) atoms. The second-order valence-corrected chi connectivity index (χ2v) is 5.18. The van der Waals surface area contributed by atoms with Crippen LogP contribution in [-0.4, -0.2) is 26.2 Å². The Morgan fingerprint density at radius 3 is 3.00 bits per heavy atom. The highest BCUT2D eigenvalue weighted by Gasteiger charge is 2.37. The maximum atomic E-state index is 13.3. The molecule has 1 aliphatic carbocycles. The van der Waals surface area contributed by atoms with E-state index in [2.05, 4.69) is 10.2 Å². The van der Waals surface area contributed by atoms with Crippen molar-refractivity contribution in [3.63, 3.8) is 0 Å². The van der Waals surface area contributed by atoms with Crippen molar-refractivity contribution in [2.45, 2.75) is 25.3 Å². The van der Waals surface area contributed by atoms with Gasteiger partial charge in [0, 0.05) is 18.3 Å². The summed E-state index contributed by atoms with van der Waals surface area (Å²) in [5.74, 6) is 0.620. The molecule has 92 valence electrons.